The molecule has 118 valence electrons. The van der Waals surface area contributed by atoms with Crippen molar-refractivity contribution in [1.29, 1.82) is 0 Å². The zero-order valence-corrected chi connectivity index (χ0v) is 15.2. The second-order valence-corrected chi connectivity index (χ2v) is 8.33. The van der Waals surface area contributed by atoms with E-state index in [0.717, 1.165) is 12.5 Å². The van der Waals surface area contributed by atoms with Crippen molar-refractivity contribution in [2.75, 3.05) is 6.61 Å². The molecule has 0 rings (SSSR count). The van der Waals surface area contributed by atoms with E-state index in [1.54, 1.807) is 6.92 Å². The Labute approximate surface area is 125 Å². The van der Waals surface area contributed by atoms with E-state index >= 15 is 0 Å². The van der Waals surface area contributed by atoms with Crippen molar-refractivity contribution in [3.63, 3.8) is 0 Å². The number of hydrogen-bond donors (Lipinski definition) is 0. The van der Waals surface area contributed by atoms with Gasteiger partial charge in [-0.2, -0.15) is 0 Å². The molecule has 0 aromatic rings. The van der Waals surface area contributed by atoms with Gasteiger partial charge < -0.3 is 14.2 Å². The van der Waals surface area contributed by atoms with Crippen LogP contribution in [0.3, 0.4) is 0 Å². The molecule has 20 heavy (non-hydrogen) atoms. The van der Waals surface area contributed by atoms with Gasteiger partial charge in [-0.15, -0.1) is 0 Å². The van der Waals surface area contributed by atoms with Crippen LogP contribution in [0.25, 0.3) is 0 Å². The lowest BCUT2D eigenvalue weighted by Gasteiger charge is -2.34. The van der Waals surface area contributed by atoms with Crippen molar-refractivity contribution in [2.24, 2.45) is 0 Å². The molecule has 0 heterocycles. The second-order valence-electron chi connectivity index (χ2n) is 5.84. The largest absolute Gasteiger partial charge is 0.462 e. The van der Waals surface area contributed by atoms with Crippen LogP contribution < -0.4 is 0 Å². The Morgan fingerprint density at radius 3 is 2.10 bits per heavy atom. The first-order valence-electron chi connectivity index (χ1n) is 7.34. The molecular formula is C15H30O4Si. The van der Waals surface area contributed by atoms with E-state index in [0.29, 0.717) is 12.2 Å². The average molecular weight is 302 g/mol. The number of carbonyl (C=O) groups is 1. The molecule has 0 saturated heterocycles. The zero-order valence-electron chi connectivity index (χ0n) is 13.8. The van der Waals surface area contributed by atoms with Crippen LogP contribution in [-0.2, 0) is 19.0 Å². The molecule has 0 aliphatic heterocycles. The first kappa shape index (κ1) is 19.3. The first-order valence-corrected chi connectivity index (χ1v) is 9.05. The van der Waals surface area contributed by atoms with E-state index < -0.39 is 14.9 Å². The van der Waals surface area contributed by atoms with Crippen molar-refractivity contribution in [1.82, 2.24) is 0 Å². The van der Waals surface area contributed by atoms with Gasteiger partial charge in [0.15, 0.2) is 0 Å². The number of ether oxygens (including phenoxy) is 3. The zero-order chi connectivity index (χ0) is 15.8. The normalized spacial score (nSPS) is 12.6. The number of esters is 1. The van der Waals surface area contributed by atoms with Gasteiger partial charge in [0, 0.05) is 5.57 Å². The van der Waals surface area contributed by atoms with E-state index in [2.05, 4.69) is 6.58 Å². The van der Waals surface area contributed by atoms with Crippen LogP contribution in [0.4, 0.5) is 0 Å². The van der Waals surface area contributed by atoms with E-state index in [9.17, 15) is 4.79 Å². The highest BCUT2D eigenvalue weighted by molar-refractivity contribution is 6.38. The summed E-state index contributed by atoms with van der Waals surface area (Å²) in [4.78, 5) is 11.2. The van der Waals surface area contributed by atoms with Crippen molar-refractivity contribution < 1.29 is 19.0 Å². The lowest BCUT2D eigenvalue weighted by Crippen LogP contribution is -2.43. The maximum atomic E-state index is 11.2. The van der Waals surface area contributed by atoms with Crippen molar-refractivity contribution in [3.8, 4) is 0 Å². The van der Waals surface area contributed by atoms with E-state index in [4.69, 9.17) is 14.2 Å². The molecule has 5 heteroatoms. The second kappa shape index (κ2) is 9.31. The summed E-state index contributed by atoms with van der Waals surface area (Å²) in [7, 11) is -0.579. The van der Waals surface area contributed by atoms with Crippen molar-refractivity contribution in [3.05, 3.63) is 12.2 Å². The number of carbonyl (C=O) groups excluding carboxylic acids is 1. The van der Waals surface area contributed by atoms with Gasteiger partial charge >= 0.3 is 5.97 Å². The van der Waals surface area contributed by atoms with Crippen LogP contribution >= 0.6 is 0 Å². The minimum absolute atomic E-state index is 0.146. The third-order valence-corrected chi connectivity index (χ3v) is 4.67. The summed E-state index contributed by atoms with van der Waals surface area (Å²) < 4.78 is 16.9. The van der Waals surface area contributed by atoms with Gasteiger partial charge in [-0.05, 0) is 48.0 Å². The third kappa shape index (κ3) is 9.28. The molecule has 0 fully saturated rings. The lowest BCUT2D eigenvalue weighted by atomic mass is 10.4. The summed E-state index contributed by atoms with van der Waals surface area (Å²) in [6, 6.07) is 1.01. The SMILES string of the molecule is C=C(C)C(=O)OCCC[SiH2]C(C)(OC(C)C)OC(C)C. The Morgan fingerprint density at radius 2 is 1.70 bits per heavy atom. The minimum atomic E-state index is -0.579. The van der Waals surface area contributed by atoms with Crippen molar-refractivity contribution in [2.45, 2.75) is 71.6 Å². The van der Waals surface area contributed by atoms with Crippen LogP contribution in [0.5, 0.6) is 0 Å². The highest BCUT2D eigenvalue weighted by atomic mass is 28.2. The Balaban J connectivity index is 4.08. The van der Waals surface area contributed by atoms with Crippen LogP contribution in [-0.4, -0.2) is 39.7 Å². The van der Waals surface area contributed by atoms with E-state index in [1.807, 2.05) is 34.6 Å². The Kier molecular flexibility index (Phi) is 9.01. The smallest absolute Gasteiger partial charge is 0.333 e. The van der Waals surface area contributed by atoms with Gasteiger partial charge in [-0.1, -0.05) is 12.6 Å². The molecule has 0 saturated carbocycles. The summed E-state index contributed by atoms with van der Waals surface area (Å²) in [5.41, 5.74) is -0.000823. The van der Waals surface area contributed by atoms with Crippen LogP contribution in [0.2, 0.25) is 6.04 Å². The van der Waals surface area contributed by atoms with Crippen LogP contribution in [0.1, 0.15) is 48.0 Å². The average Bonchev–Trinajstić information content (AvgIpc) is 2.25. The van der Waals surface area contributed by atoms with Gasteiger partial charge in [0.2, 0.25) is 0 Å². The maximum absolute atomic E-state index is 11.2. The summed E-state index contributed by atoms with van der Waals surface area (Å²) >= 11 is 0. The molecule has 0 aromatic carbocycles. The molecular weight excluding hydrogens is 272 g/mol. The van der Waals surface area contributed by atoms with Gasteiger partial charge in [-0.3, -0.25) is 0 Å². The van der Waals surface area contributed by atoms with Gasteiger partial charge in [0.05, 0.1) is 28.3 Å². The fourth-order valence-corrected chi connectivity index (χ4v) is 3.98. The monoisotopic (exact) mass is 302 g/mol. The minimum Gasteiger partial charge on any atom is -0.462 e. The topological polar surface area (TPSA) is 44.8 Å². The standard InChI is InChI=1S/C15H30O4Si/c1-11(2)14(16)17-9-8-10-20-15(7,18-12(3)4)19-13(5)6/h12-13H,1,8-10,20H2,2-7H3. The Morgan fingerprint density at radius 1 is 1.20 bits per heavy atom. The highest BCUT2D eigenvalue weighted by Crippen LogP contribution is 2.18. The van der Waals surface area contributed by atoms with Gasteiger partial charge in [0.25, 0.3) is 0 Å². The molecule has 0 bridgehead atoms. The molecule has 0 spiro atoms. The first-order chi connectivity index (χ1) is 9.16. The molecule has 0 radical (unpaired) electrons. The molecule has 0 unspecified atom stereocenters. The molecule has 0 aliphatic carbocycles. The molecule has 0 atom stereocenters. The Bertz CT molecular complexity index is 303. The maximum Gasteiger partial charge on any atom is 0.333 e. The predicted octanol–water partition coefficient (Wildman–Crippen LogP) is 2.61. The molecule has 0 amide bonds. The van der Waals surface area contributed by atoms with Crippen molar-refractivity contribution >= 4 is 15.5 Å². The highest BCUT2D eigenvalue weighted by Gasteiger charge is 2.28. The van der Waals surface area contributed by atoms with Crippen LogP contribution in [0.15, 0.2) is 12.2 Å². The summed E-state index contributed by atoms with van der Waals surface area (Å²) in [5.74, 6) is -0.314. The molecule has 0 aliphatic rings. The quantitative estimate of drug-likeness (QED) is 0.205. The Hall–Kier alpha value is -0.653. The number of rotatable bonds is 10. The van der Waals surface area contributed by atoms with E-state index in [1.165, 1.54) is 0 Å². The molecule has 4 nitrogen and oxygen atoms in total. The van der Waals surface area contributed by atoms with Gasteiger partial charge in [-0.25, -0.2) is 4.79 Å². The number of hydrogen-bond acceptors (Lipinski definition) is 4. The van der Waals surface area contributed by atoms with Gasteiger partial charge in [0.1, 0.15) is 5.41 Å². The predicted molar refractivity (Wildman–Crippen MR) is 84.6 cm³/mol. The summed E-state index contributed by atoms with van der Waals surface area (Å²) in [6.07, 6.45) is 1.14. The third-order valence-electron chi connectivity index (χ3n) is 2.58. The fourth-order valence-electron chi connectivity index (χ4n) is 1.98. The molecule has 0 N–H and O–H groups in total. The fraction of sp³-hybridized carbons (Fsp3) is 0.800. The van der Waals surface area contributed by atoms with E-state index in [-0.39, 0.29) is 18.2 Å². The summed E-state index contributed by atoms with van der Waals surface area (Å²) in [6.45, 7) is 15.8. The molecule has 0 aromatic heterocycles. The summed E-state index contributed by atoms with van der Waals surface area (Å²) in [5, 5.41) is 0. The van der Waals surface area contributed by atoms with Crippen LogP contribution in [0, 0.1) is 0 Å². The lowest BCUT2D eigenvalue weighted by molar-refractivity contribution is -0.205.